The Hall–Kier alpha value is 0.950. The van der Waals surface area contributed by atoms with Crippen LogP contribution in [0.1, 0.15) is 13.3 Å². The Labute approximate surface area is 79.1 Å². The second kappa shape index (κ2) is 6.08. The van der Waals surface area contributed by atoms with Crippen molar-refractivity contribution in [2.24, 2.45) is 0 Å². The van der Waals surface area contributed by atoms with Crippen LogP contribution in [0.4, 0.5) is 0 Å². The van der Waals surface area contributed by atoms with Crippen molar-refractivity contribution in [2.45, 2.75) is 18.2 Å². The van der Waals surface area contributed by atoms with Crippen LogP contribution >= 0.6 is 15.9 Å². The summed E-state index contributed by atoms with van der Waals surface area (Å²) in [4.78, 5) is 9.29. The van der Waals surface area contributed by atoms with E-state index in [1.165, 1.54) is 0 Å². The van der Waals surface area contributed by atoms with Gasteiger partial charge in [-0.1, -0.05) is 22.9 Å². The average molecular weight is 189 g/mol. The van der Waals surface area contributed by atoms with Crippen molar-refractivity contribution < 1.29 is 39.5 Å². The van der Waals surface area contributed by atoms with Gasteiger partial charge in [-0.05, 0) is 6.42 Å². The Morgan fingerprint density at radius 3 is 2.25 bits per heavy atom. The first kappa shape index (κ1) is 11.7. The van der Waals surface area contributed by atoms with Gasteiger partial charge in [-0.2, -0.15) is 0 Å². The smallest absolute Gasteiger partial charge is 0.549 e. The van der Waals surface area contributed by atoms with Crippen LogP contribution in [0.3, 0.4) is 0 Å². The fourth-order valence-corrected chi connectivity index (χ4v) is 0.167. The average Bonchev–Trinajstić information content (AvgIpc) is 1.65. The molecule has 0 amide bonds. The monoisotopic (exact) mass is 188 g/mol. The third kappa shape index (κ3) is 5.09. The number of carbonyl (C=O) groups is 1. The van der Waals surface area contributed by atoms with Gasteiger partial charge in [-0.15, -0.1) is 0 Å². The van der Waals surface area contributed by atoms with Crippen LogP contribution in [0.15, 0.2) is 0 Å². The molecule has 42 valence electrons. The molecular formula is C4H6BrNaO2. The third-order valence-electron chi connectivity index (χ3n) is 0.614. The van der Waals surface area contributed by atoms with Gasteiger partial charge in [0.15, 0.2) is 0 Å². The Kier molecular flexibility index (Phi) is 8.89. The molecule has 0 aliphatic heterocycles. The maximum Gasteiger partial charge on any atom is 1.00 e. The van der Waals surface area contributed by atoms with Gasteiger partial charge in [-0.3, -0.25) is 0 Å². The van der Waals surface area contributed by atoms with Crippen molar-refractivity contribution in [2.75, 3.05) is 0 Å². The Balaban J connectivity index is 0. The van der Waals surface area contributed by atoms with Crippen molar-refractivity contribution >= 4 is 21.9 Å². The van der Waals surface area contributed by atoms with E-state index in [9.17, 15) is 9.90 Å². The molecule has 0 saturated carbocycles. The van der Waals surface area contributed by atoms with Gasteiger partial charge in [0, 0.05) is 0 Å². The first-order valence-corrected chi connectivity index (χ1v) is 2.95. The van der Waals surface area contributed by atoms with E-state index in [0.29, 0.717) is 6.42 Å². The van der Waals surface area contributed by atoms with E-state index in [0.717, 1.165) is 0 Å². The number of carboxylic acid groups (broad SMARTS) is 1. The number of halogens is 1. The van der Waals surface area contributed by atoms with Crippen molar-refractivity contribution in [3.05, 3.63) is 0 Å². The molecule has 0 heterocycles. The summed E-state index contributed by atoms with van der Waals surface area (Å²) in [7, 11) is 0. The number of carboxylic acids is 1. The van der Waals surface area contributed by atoms with Crippen LogP contribution < -0.4 is 34.7 Å². The molecule has 0 fully saturated rings. The zero-order valence-corrected chi connectivity index (χ0v) is 8.56. The van der Waals surface area contributed by atoms with E-state index in [4.69, 9.17) is 0 Å². The molecule has 0 aliphatic rings. The fraction of sp³-hybridized carbons (Fsp3) is 0.750. The van der Waals surface area contributed by atoms with Gasteiger partial charge in [0.1, 0.15) is 0 Å². The van der Waals surface area contributed by atoms with E-state index < -0.39 is 10.8 Å². The summed E-state index contributed by atoms with van der Waals surface area (Å²) in [6.07, 6.45) is 0.572. The Morgan fingerprint density at radius 1 is 1.88 bits per heavy atom. The summed E-state index contributed by atoms with van der Waals surface area (Å²) in [6, 6.07) is 0. The number of aliphatic carboxylic acids is 1. The van der Waals surface area contributed by atoms with Crippen LogP contribution in [0.5, 0.6) is 0 Å². The van der Waals surface area contributed by atoms with E-state index in [1.54, 1.807) is 6.92 Å². The number of carbonyl (C=O) groups excluding carboxylic acids is 1. The molecule has 1 atom stereocenters. The van der Waals surface area contributed by atoms with Gasteiger partial charge in [0.2, 0.25) is 0 Å². The molecule has 2 nitrogen and oxygen atoms in total. The van der Waals surface area contributed by atoms with Crippen molar-refractivity contribution in [1.82, 2.24) is 0 Å². The van der Waals surface area contributed by atoms with E-state index in [2.05, 4.69) is 15.9 Å². The molecule has 0 unspecified atom stereocenters. The van der Waals surface area contributed by atoms with Crippen molar-refractivity contribution in [1.29, 1.82) is 0 Å². The zero-order valence-electron chi connectivity index (χ0n) is 4.98. The molecule has 8 heavy (non-hydrogen) atoms. The number of hydrogen-bond donors (Lipinski definition) is 0. The third-order valence-corrected chi connectivity index (χ3v) is 1.64. The maximum atomic E-state index is 9.77. The largest absolute Gasteiger partial charge is 1.00 e. The van der Waals surface area contributed by atoms with Gasteiger partial charge in [0.05, 0.1) is 10.8 Å². The summed E-state index contributed by atoms with van der Waals surface area (Å²) < 4.78 is 0. The standard InChI is InChI=1S/C4H7BrO2.Na/c1-2-3(5)4(6)7;/h3H,2H2,1H3,(H,6,7);/q;+1/p-1/t3-;/m1./s1. The van der Waals surface area contributed by atoms with Gasteiger partial charge >= 0.3 is 29.6 Å². The molecule has 0 bridgehead atoms. The summed E-state index contributed by atoms with van der Waals surface area (Å²) in [5.41, 5.74) is 0. The molecule has 0 radical (unpaired) electrons. The normalized spacial score (nSPS) is 11.8. The van der Waals surface area contributed by atoms with Gasteiger partial charge < -0.3 is 9.90 Å². The molecule has 0 rings (SSSR count). The van der Waals surface area contributed by atoms with Crippen LogP contribution in [0.2, 0.25) is 0 Å². The molecule has 0 saturated heterocycles. The fourth-order valence-electron chi connectivity index (χ4n) is 0.167. The second-order valence-electron chi connectivity index (χ2n) is 1.19. The number of alkyl halides is 1. The summed E-state index contributed by atoms with van der Waals surface area (Å²) >= 11 is 2.88. The first-order valence-electron chi connectivity index (χ1n) is 2.03. The number of rotatable bonds is 2. The van der Waals surface area contributed by atoms with Crippen molar-refractivity contribution in [3.8, 4) is 0 Å². The van der Waals surface area contributed by atoms with Crippen LogP contribution in [-0.4, -0.2) is 10.8 Å². The summed E-state index contributed by atoms with van der Waals surface area (Å²) in [6.45, 7) is 1.77. The van der Waals surface area contributed by atoms with Gasteiger partial charge in [-0.25, -0.2) is 0 Å². The molecule has 4 heteroatoms. The predicted molar refractivity (Wildman–Crippen MR) is 28.0 cm³/mol. The SMILES string of the molecule is CC[C@@H](Br)C(=O)[O-].[Na+]. The molecule has 0 spiro atoms. The molecular weight excluding hydrogens is 183 g/mol. The quantitative estimate of drug-likeness (QED) is 0.341. The van der Waals surface area contributed by atoms with E-state index in [-0.39, 0.29) is 29.6 Å². The van der Waals surface area contributed by atoms with E-state index >= 15 is 0 Å². The van der Waals surface area contributed by atoms with Crippen LogP contribution in [0, 0.1) is 0 Å². The molecule has 0 aromatic rings. The molecule has 0 N–H and O–H groups in total. The molecule has 0 aliphatic carbocycles. The number of hydrogen-bond acceptors (Lipinski definition) is 2. The summed E-state index contributed by atoms with van der Waals surface area (Å²) in [5, 5.41) is 9.77. The minimum absolute atomic E-state index is 0. The summed E-state index contributed by atoms with van der Waals surface area (Å²) in [5.74, 6) is -1.04. The molecule has 0 aromatic heterocycles. The van der Waals surface area contributed by atoms with Gasteiger partial charge in [0.25, 0.3) is 0 Å². The zero-order chi connectivity index (χ0) is 5.86. The Bertz CT molecular complexity index is 76.4. The topological polar surface area (TPSA) is 40.1 Å². The maximum absolute atomic E-state index is 9.77. The van der Waals surface area contributed by atoms with Crippen LogP contribution in [0.25, 0.3) is 0 Å². The minimum Gasteiger partial charge on any atom is -0.549 e. The first-order chi connectivity index (χ1) is 3.18. The molecule has 0 aromatic carbocycles. The Morgan fingerprint density at radius 2 is 2.25 bits per heavy atom. The van der Waals surface area contributed by atoms with Crippen molar-refractivity contribution in [3.63, 3.8) is 0 Å². The second-order valence-corrected chi connectivity index (χ2v) is 2.30. The van der Waals surface area contributed by atoms with E-state index in [1.807, 2.05) is 0 Å². The minimum atomic E-state index is -1.04. The van der Waals surface area contributed by atoms with Crippen LogP contribution in [-0.2, 0) is 4.79 Å². The predicted octanol–water partition coefficient (Wildman–Crippen LogP) is -3.09.